The quantitative estimate of drug-likeness (QED) is 0.847. The zero-order valence-electron chi connectivity index (χ0n) is 12.9. The molecule has 0 saturated heterocycles. The normalized spacial score (nSPS) is 12.0. The van der Waals surface area contributed by atoms with Crippen molar-refractivity contribution in [1.29, 1.82) is 5.26 Å². The zero-order valence-corrected chi connectivity index (χ0v) is 13.7. The third-order valence-corrected chi connectivity index (χ3v) is 3.57. The van der Waals surface area contributed by atoms with E-state index in [1.54, 1.807) is 24.3 Å². The summed E-state index contributed by atoms with van der Waals surface area (Å²) in [7, 11) is 1.94. The molecule has 23 heavy (non-hydrogen) atoms. The molecule has 1 unspecified atom stereocenters. The first kappa shape index (κ1) is 17.3. The SMILES string of the molecule is CN(Cc1ccc(Cl)cc1)CC(O)COc1ccc(C#N)cc1. The lowest BCUT2D eigenvalue weighted by Crippen LogP contribution is -2.32. The minimum atomic E-state index is -0.594. The van der Waals surface area contributed by atoms with Crippen LogP contribution in [0.15, 0.2) is 48.5 Å². The van der Waals surface area contributed by atoms with E-state index in [0.29, 0.717) is 22.9 Å². The van der Waals surface area contributed by atoms with Crippen LogP contribution >= 0.6 is 11.6 Å². The molecule has 120 valence electrons. The van der Waals surface area contributed by atoms with Crippen LogP contribution in [0.4, 0.5) is 0 Å². The fraction of sp³-hybridized carbons (Fsp3) is 0.278. The van der Waals surface area contributed by atoms with Crippen LogP contribution in [-0.2, 0) is 6.54 Å². The van der Waals surface area contributed by atoms with E-state index >= 15 is 0 Å². The van der Waals surface area contributed by atoms with E-state index in [1.807, 2.05) is 36.2 Å². The van der Waals surface area contributed by atoms with Crippen LogP contribution in [0.1, 0.15) is 11.1 Å². The van der Waals surface area contributed by atoms with E-state index in [0.717, 1.165) is 12.1 Å². The minimum Gasteiger partial charge on any atom is -0.491 e. The number of aliphatic hydroxyl groups is 1. The Balaban J connectivity index is 1.76. The van der Waals surface area contributed by atoms with Crippen LogP contribution in [0.5, 0.6) is 5.75 Å². The van der Waals surface area contributed by atoms with Gasteiger partial charge in [-0.05, 0) is 49.0 Å². The summed E-state index contributed by atoms with van der Waals surface area (Å²) in [5.41, 5.74) is 1.72. The summed E-state index contributed by atoms with van der Waals surface area (Å²) in [5, 5.41) is 19.5. The highest BCUT2D eigenvalue weighted by Gasteiger charge is 2.10. The summed E-state index contributed by atoms with van der Waals surface area (Å²) in [6.07, 6.45) is -0.594. The second kappa shape index (κ2) is 8.54. The number of hydrogen-bond acceptors (Lipinski definition) is 4. The average Bonchev–Trinajstić information content (AvgIpc) is 2.55. The van der Waals surface area contributed by atoms with Gasteiger partial charge in [-0.1, -0.05) is 23.7 Å². The number of aliphatic hydroxyl groups excluding tert-OH is 1. The highest BCUT2D eigenvalue weighted by Crippen LogP contribution is 2.13. The van der Waals surface area contributed by atoms with Crippen molar-refractivity contribution < 1.29 is 9.84 Å². The molecule has 1 atom stereocenters. The molecule has 4 nitrogen and oxygen atoms in total. The number of ether oxygens (including phenoxy) is 1. The summed E-state index contributed by atoms with van der Waals surface area (Å²) >= 11 is 5.86. The van der Waals surface area contributed by atoms with Crippen molar-refractivity contribution >= 4 is 11.6 Å². The monoisotopic (exact) mass is 330 g/mol. The van der Waals surface area contributed by atoms with Gasteiger partial charge in [0.1, 0.15) is 18.5 Å². The molecule has 2 aromatic rings. The van der Waals surface area contributed by atoms with Gasteiger partial charge in [0, 0.05) is 18.1 Å². The van der Waals surface area contributed by atoms with Gasteiger partial charge < -0.3 is 9.84 Å². The Morgan fingerprint density at radius 2 is 1.83 bits per heavy atom. The van der Waals surface area contributed by atoms with Gasteiger partial charge >= 0.3 is 0 Å². The minimum absolute atomic E-state index is 0.205. The smallest absolute Gasteiger partial charge is 0.119 e. The number of nitriles is 1. The van der Waals surface area contributed by atoms with E-state index in [2.05, 4.69) is 6.07 Å². The third kappa shape index (κ3) is 5.91. The highest BCUT2D eigenvalue weighted by molar-refractivity contribution is 6.30. The van der Waals surface area contributed by atoms with E-state index in [1.165, 1.54) is 0 Å². The van der Waals surface area contributed by atoms with Crippen molar-refractivity contribution in [2.45, 2.75) is 12.6 Å². The van der Waals surface area contributed by atoms with Crippen LogP contribution in [-0.4, -0.2) is 36.3 Å². The summed E-state index contributed by atoms with van der Waals surface area (Å²) in [5.74, 6) is 0.642. The Labute approximate surface area is 141 Å². The van der Waals surface area contributed by atoms with E-state index in [9.17, 15) is 5.11 Å². The Kier molecular flexibility index (Phi) is 6.42. The van der Waals surface area contributed by atoms with Crippen molar-refractivity contribution in [2.75, 3.05) is 20.2 Å². The molecule has 2 aromatic carbocycles. The summed E-state index contributed by atoms with van der Waals surface area (Å²) in [6.45, 7) is 1.43. The zero-order chi connectivity index (χ0) is 16.7. The topological polar surface area (TPSA) is 56.5 Å². The molecule has 0 aliphatic carbocycles. The number of halogens is 1. The molecule has 0 amide bonds. The molecule has 0 fully saturated rings. The molecule has 0 aliphatic rings. The van der Waals surface area contributed by atoms with Gasteiger partial charge in [-0.3, -0.25) is 4.90 Å². The number of benzene rings is 2. The first-order chi connectivity index (χ1) is 11.1. The van der Waals surface area contributed by atoms with Gasteiger partial charge in [0.05, 0.1) is 11.6 Å². The molecule has 0 spiro atoms. The predicted molar refractivity (Wildman–Crippen MR) is 90.4 cm³/mol. The fourth-order valence-electron chi connectivity index (χ4n) is 2.20. The lowest BCUT2D eigenvalue weighted by atomic mass is 10.2. The molecule has 0 radical (unpaired) electrons. The van der Waals surface area contributed by atoms with Gasteiger partial charge in [0.25, 0.3) is 0 Å². The summed E-state index contributed by atoms with van der Waals surface area (Å²) < 4.78 is 5.53. The maximum atomic E-state index is 10.1. The lowest BCUT2D eigenvalue weighted by Gasteiger charge is -2.21. The third-order valence-electron chi connectivity index (χ3n) is 3.31. The van der Waals surface area contributed by atoms with Crippen LogP contribution in [0.3, 0.4) is 0 Å². The Hall–Kier alpha value is -2.06. The van der Waals surface area contributed by atoms with Crippen molar-refractivity contribution in [3.63, 3.8) is 0 Å². The van der Waals surface area contributed by atoms with Crippen molar-refractivity contribution in [3.8, 4) is 11.8 Å². The maximum absolute atomic E-state index is 10.1. The van der Waals surface area contributed by atoms with Gasteiger partial charge in [-0.25, -0.2) is 0 Å². The summed E-state index contributed by atoms with van der Waals surface area (Å²) in [6, 6.07) is 16.5. The van der Waals surface area contributed by atoms with Gasteiger partial charge in [-0.2, -0.15) is 5.26 Å². The van der Waals surface area contributed by atoms with Gasteiger partial charge in [0.15, 0.2) is 0 Å². The molecule has 0 aromatic heterocycles. The number of rotatable bonds is 7. The first-order valence-corrected chi connectivity index (χ1v) is 7.68. The Morgan fingerprint density at radius 1 is 1.17 bits per heavy atom. The molecular weight excluding hydrogens is 312 g/mol. The molecule has 5 heteroatoms. The van der Waals surface area contributed by atoms with Crippen molar-refractivity contribution in [1.82, 2.24) is 4.90 Å². The maximum Gasteiger partial charge on any atom is 0.119 e. The van der Waals surface area contributed by atoms with Crippen molar-refractivity contribution in [2.24, 2.45) is 0 Å². The highest BCUT2D eigenvalue weighted by atomic mass is 35.5. The second-order valence-corrected chi connectivity index (χ2v) is 5.86. The first-order valence-electron chi connectivity index (χ1n) is 7.31. The number of hydrogen-bond donors (Lipinski definition) is 1. The molecule has 2 rings (SSSR count). The lowest BCUT2D eigenvalue weighted by molar-refractivity contribution is 0.0744. The van der Waals surface area contributed by atoms with Crippen LogP contribution in [0.25, 0.3) is 0 Å². The van der Waals surface area contributed by atoms with Crippen LogP contribution < -0.4 is 4.74 Å². The molecule has 1 N–H and O–H groups in total. The molecule has 0 saturated carbocycles. The van der Waals surface area contributed by atoms with Crippen LogP contribution in [0, 0.1) is 11.3 Å². The number of likely N-dealkylation sites (N-methyl/N-ethyl adjacent to an activating group) is 1. The predicted octanol–water partition coefficient (Wildman–Crippen LogP) is 3.08. The fourth-order valence-corrected chi connectivity index (χ4v) is 2.32. The standard InChI is InChI=1S/C18H19ClN2O2/c1-21(11-15-2-6-16(19)7-3-15)12-17(22)13-23-18-8-4-14(10-20)5-9-18/h2-9,17,22H,11-13H2,1H3. The summed E-state index contributed by atoms with van der Waals surface area (Å²) in [4.78, 5) is 2.02. The van der Waals surface area contributed by atoms with Gasteiger partial charge in [0.2, 0.25) is 0 Å². The Bertz CT molecular complexity index is 650. The largest absolute Gasteiger partial charge is 0.491 e. The van der Waals surface area contributed by atoms with E-state index in [-0.39, 0.29) is 6.61 Å². The van der Waals surface area contributed by atoms with E-state index < -0.39 is 6.10 Å². The van der Waals surface area contributed by atoms with Gasteiger partial charge in [-0.15, -0.1) is 0 Å². The molecular formula is C18H19ClN2O2. The molecule has 0 aliphatic heterocycles. The average molecular weight is 331 g/mol. The second-order valence-electron chi connectivity index (χ2n) is 5.42. The molecule has 0 heterocycles. The van der Waals surface area contributed by atoms with Crippen LogP contribution in [0.2, 0.25) is 5.02 Å². The van der Waals surface area contributed by atoms with E-state index in [4.69, 9.17) is 21.6 Å². The number of nitrogens with zero attached hydrogens (tertiary/aromatic N) is 2. The molecule has 0 bridgehead atoms. The Morgan fingerprint density at radius 3 is 2.43 bits per heavy atom. The van der Waals surface area contributed by atoms with Crippen molar-refractivity contribution in [3.05, 3.63) is 64.7 Å².